The number of benzene rings is 2. The molecule has 1 N–H and O–H groups in total. The van der Waals surface area contributed by atoms with Gasteiger partial charge in [-0.25, -0.2) is 4.79 Å². The second-order valence-corrected chi connectivity index (χ2v) is 6.34. The van der Waals surface area contributed by atoms with Gasteiger partial charge in [-0.1, -0.05) is 30.4 Å². The molecule has 0 saturated heterocycles. The van der Waals surface area contributed by atoms with E-state index >= 15 is 0 Å². The first kappa shape index (κ1) is 18.8. The standard InChI is InChI=1S/C21H23NO5/c1-25-17-8-5-10-19(14-17)27-18-9-3-6-15(13-18)12-16-7-4-11-20(16)22(24)21(23)26-2/h3-10,13-14,16,20,24H,11-12H2,1-2H3/t16-,20+/m1/s1. The van der Waals surface area contributed by atoms with E-state index in [0.29, 0.717) is 29.4 Å². The topological polar surface area (TPSA) is 68.2 Å². The molecule has 1 aliphatic carbocycles. The normalized spacial score (nSPS) is 18.2. The third kappa shape index (κ3) is 4.60. The Balaban J connectivity index is 1.70. The van der Waals surface area contributed by atoms with Crippen molar-refractivity contribution in [3.8, 4) is 17.2 Å². The zero-order valence-electron chi connectivity index (χ0n) is 15.4. The molecular weight excluding hydrogens is 346 g/mol. The Labute approximate surface area is 158 Å². The molecule has 2 aromatic rings. The lowest BCUT2D eigenvalue weighted by Crippen LogP contribution is -2.40. The molecule has 0 heterocycles. The number of carbonyl (C=O) groups is 1. The summed E-state index contributed by atoms with van der Waals surface area (Å²) in [5.41, 5.74) is 1.05. The van der Waals surface area contributed by atoms with E-state index in [-0.39, 0.29) is 12.0 Å². The highest BCUT2D eigenvalue weighted by Gasteiger charge is 2.31. The number of methoxy groups -OCH3 is 2. The van der Waals surface area contributed by atoms with Crippen LogP contribution in [-0.4, -0.2) is 36.6 Å². The van der Waals surface area contributed by atoms with Gasteiger partial charge in [0, 0.05) is 12.0 Å². The van der Waals surface area contributed by atoms with Crippen molar-refractivity contribution in [1.82, 2.24) is 5.06 Å². The van der Waals surface area contributed by atoms with E-state index in [9.17, 15) is 10.0 Å². The summed E-state index contributed by atoms with van der Waals surface area (Å²) in [6.45, 7) is 0. The number of hydrogen-bond donors (Lipinski definition) is 1. The summed E-state index contributed by atoms with van der Waals surface area (Å²) < 4.78 is 15.7. The second-order valence-electron chi connectivity index (χ2n) is 6.34. The Morgan fingerprint density at radius 2 is 1.81 bits per heavy atom. The number of carbonyl (C=O) groups excluding carboxylic acids is 1. The molecule has 0 fully saturated rings. The van der Waals surface area contributed by atoms with Crippen LogP contribution < -0.4 is 9.47 Å². The molecule has 6 heteroatoms. The van der Waals surface area contributed by atoms with Gasteiger partial charge in [0.05, 0.1) is 20.3 Å². The van der Waals surface area contributed by atoms with Crippen LogP contribution in [0.15, 0.2) is 60.7 Å². The highest BCUT2D eigenvalue weighted by Crippen LogP contribution is 2.29. The van der Waals surface area contributed by atoms with Crippen molar-refractivity contribution in [2.45, 2.75) is 18.9 Å². The molecule has 2 atom stereocenters. The highest BCUT2D eigenvalue weighted by atomic mass is 16.6. The summed E-state index contributed by atoms with van der Waals surface area (Å²) >= 11 is 0. The summed E-state index contributed by atoms with van der Waals surface area (Å²) in [4.78, 5) is 11.6. The van der Waals surface area contributed by atoms with Gasteiger partial charge >= 0.3 is 6.09 Å². The van der Waals surface area contributed by atoms with Crippen LogP contribution in [0.4, 0.5) is 4.79 Å². The van der Waals surface area contributed by atoms with Gasteiger partial charge in [-0.3, -0.25) is 5.21 Å². The minimum absolute atomic E-state index is 0.00108. The molecule has 0 bridgehead atoms. The fourth-order valence-corrected chi connectivity index (χ4v) is 3.22. The van der Waals surface area contributed by atoms with Gasteiger partial charge in [-0.2, -0.15) is 5.06 Å². The van der Waals surface area contributed by atoms with Gasteiger partial charge in [0.2, 0.25) is 0 Å². The van der Waals surface area contributed by atoms with Gasteiger partial charge in [-0.05, 0) is 42.7 Å². The molecule has 0 spiro atoms. The predicted octanol–water partition coefficient (Wildman–Crippen LogP) is 4.43. The molecule has 0 saturated carbocycles. The van der Waals surface area contributed by atoms with Crippen molar-refractivity contribution in [3.63, 3.8) is 0 Å². The third-order valence-electron chi connectivity index (χ3n) is 4.58. The molecule has 142 valence electrons. The zero-order valence-corrected chi connectivity index (χ0v) is 15.4. The van der Waals surface area contributed by atoms with Gasteiger partial charge in [0.25, 0.3) is 0 Å². The summed E-state index contributed by atoms with van der Waals surface area (Å²) in [6.07, 6.45) is 4.51. The number of rotatable bonds is 6. The number of hydrogen-bond acceptors (Lipinski definition) is 5. The summed E-state index contributed by atoms with van der Waals surface area (Å²) in [7, 11) is 2.87. The fourth-order valence-electron chi connectivity index (χ4n) is 3.22. The van der Waals surface area contributed by atoms with E-state index in [1.54, 1.807) is 7.11 Å². The van der Waals surface area contributed by atoms with E-state index in [4.69, 9.17) is 9.47 Å². The molecule has 3 rings (SSSR count). The maximum atomic E-state index is 11.6. The summed E-state index contributed by atoms with van der Waals surface area (Å²) in [5, 5.41) is 10.7. The van der Waals surface area contributed by atoms with Gasteiger partial charge in [-0.15, -0.1) is 0 Å². The lowest BCUT2D eigenvalue weighted by molar-refractivity contribution is -0.107. The minimum atomic E-state index is -0.746. The van der Waals surface area contributed by atoms with E-state index < -0.39 is 6.09 Å². The van der Waals surface area contributed by atoms with Crippen LogP contribution in [-0.2, 0) is 11.2 Å². The monoisotopic (exact) mass is 369 g/mol. The Morgan fingerprint density at radius 3 is 2.56 bits per heavy atom. The molecule has 27 heavy (non-hydrogen) atoms. The van der Waals surface area contributed by atoms with Crippen molar-refractivity contribution in [3.05, 3.63) is 66.2 Å². The molecule has 0 aromatic heterocycles. The molecular formula is C21H23NO5. The lowest BCUT2D eigenvalue weighted by atomic mass is 9.94. The Hall–Kier alpha value is -2.99. The maximum absolute atomic E-state index is 11.6. The van der Waals surface area contributed by atoms with E-state index in [1.807, 2.05) is 60.7 Å². The summed E-state index contributed by atoms with van der Waals surface area (Å²) in [6, 6.07) is 14.9. The number of nitrogens with zero attached hydrogens (tertiary/aromatic N) is 1. The van der Waals surface area contributed by atoms with Crippen molar-refractivity contribution >= 4 is 6.09 Å². The van der Waals surface area contributed by atoms with E-state index in [2.05, 4.69) is 4.74 Å². The van der Waals surface area contributed by atoms with Crippen LogP contribution in [0.5, 0.6) is 17.2 Å². The fraction of sp³-hybridized carbons (Fsp3) is 0.286. The molecule has 0 radical (unpaired) electrons. The molecule has 1 aliphatic rings. The highest BCUT2D eigenvalue weighted by molar-refractivity contribution is 5.66. The Morgan fingerprint density at radius 1 is 1.11 bits per heavy atom. The van der Waals surface area contributed by atoms with Crippen molar-refractivity contribution in [2.24, 2.45) is 5.92 Å². The van der Waals surface area contributed by atoms with E-state index in [0.717, 1.165) is 11.3 Å². The first-order valence-corrected chi connectivity index (χ1v) is 8.74. The maximum Gasteiger partial charge on any atom is 0.433 e. The average molecular weight is 369 g/mol. The van der Waals surface area contributed by atoms with Gasteiger partial charge in [0.1, 0.15) is 17.2 Å². The van der Waals surface area contributed by atoms with Crippen LogP contribution in [0.2, 0.25) is 0 Å². The molecule has 1 amide bonds. The molecule has 0 aliphatic heterocycles. The van der Waals surface area contributed by atoms with Crippen molar-refractivity contribution < 1.29 is 24.2 Å². The zero-order chi connectivity index (χ0) is 19.2. The van der Waals surface area contributed by atoms with Crippen LogP contribution >= 0.6 is 0 Å². The lowest BCUT2D eigenvalue weighted by Gasteiger charge is -2.26. The van der Waals surface area contributed by atoms with Crippen molar-refractivity contribution in [2.75, 3.05) is 14.2 Å². The number of hydroxylamine groups is 2. The Kier molecular flexibility index (Phi) is 5.98. The molecule has 6 nitrogen and oxygen atoms in total. The first-order valence-electron chi connectivity index (χ1n) is 8.74. The smallest absolute Gasteiger partial charge is 0.433 e. The van der Waals surface area contributed by atoms with Crippen LogP contribution in [0, 0.1) is 5.92 Å². The summed E-state index contributed by atoms with van der Waals surface area (Å²) in [5.74, 6) is 2.14. The SMILES string of the molecule is COC(=O)N(O)[C@H]1CC=C[C@@H]1Cc1cccc(Oc2cccc(OC)c2)c1. The van der Waals surface area contributed by atoms with Crippen LogP contribution in [0.3, 0.4) is 0 Å². The molecule has 2 aromatic carbocycles. The quantitative estimate of drug-likeness (QED) is 0.463. The van der Waals surface area contributed by atoms with Gasteiger partial charge in [0.15, 0.2) is 0 Å². The largest absolute Gasteiger partial charge is 0.497 e. The predicted molar refractivity (Wildman–Crippen MR) is 100 cm³/mol. The molecule has 0 unspecified atom stereocenters. The third-order valence-corrected chi connectivity index (χ3v) is 4.58. The van der Waals surface area contributed by atoms with Crippen LogP contribution in [0.1, 0.15) is 12.0 Å². The number of ether oxygens (including phenoxy) is 3. The number of amides is 1. The van der Waals surface area contributed by atoms with E-state index in [1.165, 1.54) is 7.11 Å². The average Bonchev–Trinajstić information content (AvgIpc) is 3.15. The second kappa shape index (κ2) is 8.60. The first-order chi connectivity index (χ1) is 13.1. The minimum Gasteiger partial charge on any atom is -0.497 e. The Bertz CT molecular complexity index is 820. The van der Waals surface area contributed by atoms with Crippen LogP contribution in [0.25, 0.3) is 0 Å². The van der Waals surface area contributed by atoms with Crippen molar-refractivity contribution in [1.29, 1.82) is 0 Å². The van der Waals surface area contributed by atoms with Gasteiger partial charge < -0.3 is 14.2 Å².